The number of aromatic carboxylic acids is 1. The number of anilines is 2. The molecule has 0 radical (unpaired) electrons. The Balaban J connectivity index is 1.67. The van der Waals surface area contributed by atoms with E-state index in [2.05, 4.69) is 20.7 Å². The number of rotatable bonds is 6. The molecule has 2 amide bonds. The Morgan fingerprint density at radius 2 is 1.31 bits per heavy atom. The van der Waals surface area contributed by atoms with Crippen molar-refractivity contribution in [3.05, 3.63) is 102 Å². The Kier molecular flexibility index (Phi) is 5.71. The zero-order valence-electron chi connectivity index (χ0n) is 16.6. The molecule has 0 saturated carbocycles. The smallest absolute Gasteiger partial charge is 0.336 e. The van der Waals surface area contributed by atoms with Crippen LogP contribution in [0.25, 0.3) is 5.69 Å². The maximum absolute atomic E-state index is 12.8. The number of amides is 2. The van der Waals surface area contributed by atoms with Gasteiger partial charge in [0.2, 0.25) is 5.95 Å². The normalized spacial score (nSPS) is 10.4. The van der Waals surface area contributed by atoms with Crippen molar-refractivity contribution >= 4 is 29.7 Å². The third kappa shape index (κ3) is 4.36. The number of hydrogen-bond acceptors (Lipinski definition) is 5. The average Bonchev–Trinajstić information content (AvgIpc) is 3.22. The number of para-hydroxylation sites is 1. The highest BCUT2D eigenvalue weighted by atomic mass is 16.4. The molecule has 3 aromatic carbocycles. The van der Waals surface area contributed by atoms with Gasteiger partial charge in [-0.15, -0.1) is 5.10 Å². The lowest BCUT2D eigenvalue weighted by molar-refractivity contribution is 0.0692. The van der Waals surface area contributed by atoms with Crippen molar-refractivity contribution in [2.24, 2.45) is 0 Å². The van der Waals surface area contributed by atoms with Crippen LogP contribution in [0.3, 0.4) is 0 Å². The Hall–Kier alpha value is -4.79. The Labute approximate surface area is 182 Å². The summed E-state index contributed by atoms with van der Waals surface area (Å²) in [5, 5.41) is 18.9. The quantitative estimate of drug-likeness (QED) is 0.433. The molecule has 32 heavy (non-hydrogen) atoms. The maximum atomic E-state index is 12.8. The van der Waals surface area contributed by atoms with Crippen molar-refractivity contribution in [3.8, 4) is 5.69 Å². The highest BCUT2D eigenvalue weighted by molar-refractivity contribution is 6.10. The predicted molar refractivity (Wildman–Crippen MR) is 117 cm³/mol. The van der Waals surface area contributed by atoms with Crippen molar-refractivity contribution in [3.63, 3.8) is 0 Å². The Morgan fingerprint density at radius 3 is 1.97 bits per heavy atom. The van der Waals surface area contributed by atoms with E-state index in [-0.39, 0.29) is 23.0 Å². The lowest BCUT2D eigenvalue weighted by atomic mass is 10.1. The third-order valence-corrected chi connectivity index (χ3v) is 4.50. The first-order valence-corrected chi connectivity index (χ1v) is 9.55. The van der Waals surface area contributed by atoms with Crippen LogP contribution >= 0.6 is 0 Å². The number of carboxylic acid groups (broad SMARTS) is 1. The van der Waals surface area contributed by atoms with Gasteiger partial charge < -0.3 is 5.11 Å². The molecule has 158 valence electrons. The van der Waals surface area contributed by atoms with Gasteiger partial charge in [0.25, 0.3) is 17.8 Å². The van der Waals surface area contributed by atoms with E-state index in [1.807, 2.05) is 6.07 Å². The SMILES string of the molecule is O=C(Nc1nc(NC(=O)c2ccccc2C(=O)O)n(-c2ccccc2)n1)c1ccccc1. The molecule has 4 aromatic rings. The summed E-state index contributed by atoms with van der Waals surface area (Å²) >= 11 is 0. The van der Waals surface area contributed by atoms with E-state index in [4.69, 9.17) is 0 Å². The van der Waals surface area contributed by atoms with Crippen molar-refractivity contribution in [2.45, 2.75) is 0 Å². The molecule has 0 atom stereocenters. The molecule has 0 fully saturated rings. The highest BCUT2D eigenvalue weighted by Crippen LogP contribution is 2.18. The van der Waals surface area contributed by atoms with E-state index in [1.54, 1.807) is 60.7 Å². The first-order valence-electron chi connectivity index (χ1n) is 9.55. The van der Waals surface area contributed by atoms with Crippen LogP contribution in [0.2, 0.25) is 0 Å². The summed E-state index contributed by atoms with van der Waals surface area (Å²) in [5.41, 5.74) is 0.831. The van der Waals surface area contributed by atoms with Gasteiger partial charge in [-0.25, -0.2) is 4.79 Å². The van der Waals surface area contributed by atoms with Gasteiger partial charge >= 0.3 is 5.97 Å². The molecule has 0 unspecified atom stereocenters. The van der Waals surface area contributed by atoms with Gasteiger partial charge in [0.1, 0.15) is 0 Å². The second-order valence-electron chi connectivity index (χ2n) is 6.63. The van der Waals surface area contributed by atoms with Gasteiger partial charge in [-0.1, -0.05) is 48.5 Å². The minimum absolute atomic E-state index is 0.0183. The van der Waals surface area contributed by atoms with Crippen LogP contribution in [0.15, 0.2) is 84.9 Å². The van der Waals surface area contributed by atoms with Crippen LogP contribution in [-0.4, -0.2) is 37.7 Å². The fourth-order valence-electron chi connectivity index (χ4n) is 2.99. The summed E-state index contributed by atoms with van der Waals surface area (Å²) in [6, 6.07) is 23.3. The summed E-state index contributed by atoms with van der Waals surface area (Å²) in [5.74, 6) is -2.32. The molecule has 0 aliphatic heterocycles. The topological polar surface area (TPSA) is 126 Å². The summed E-state index contributed by atoms with van der Waals surface area (Å²) < 4.78 is 1.35. The van der Waals surface area contributed by atoms with E-state index in [0.29, 0.717) is 11.3 Å². The summed E-state index contributed by atoms with van der Waals surface area (Å²) in [6.45, 7) is 0. The number of benzene rings is 3. The molecule has 0 aliphatic rings. The Morgan fingerprint density at radius 1 is 0.719 bits per heavy atom. The first-order chi connectivity index (χ1) is 15.5. The number of carbonyl (C=O) groups is 3. The van der Waals surface area contributed by atoms with Crippen molar-refractivity contribution in [2.75, 3.05) is 10.6 Å². The molecular formula is C23H17N5O4. The van der Waals surface area contributed by atoms with Crippen molar-refractivity contribution < 1.29 is 19.5 Å². The molecule has 0 saturated heterocycles. The van der Waals surface area contributed by atoms with Crippen molar-refractivity contribution in [1.29, 1.82) is 0 Å². The number of carbonyl (C=O) groups excluding carboxylic acids is 2. The molecule has 1 heterocycles. The van der Waals surface area contributed by atoms with E-state index >= 15 is 0 Å². The monoisotopic (exact) mass is 427 g/mol. The van der Waals surface area contributed by atoms with Crippen LogP contribution in [-0.2, 0) is 0 Å². The van der Waals surface area contributed by atoms with E-state index in [0.717, 1.165) is 0 Å². The van der Waals surface area contributed by atoms with Crippen molar-refractivity contribution in [1.82, 2.24) is 14.8 Å². The molecule has 1 aromatic heterocycles. The third-order valence-electron chi connectivity index (χ3n) is 4.50. The molecule has 0 bridgehead atoms. The van der Waals surface area contributed by atoms with Gasteiger partial charge in [0.15, 0.2) is 0 Å². The highest BCUT2D eigenvalue weighted by Gasteiger charge is 2.20. The number of hydrogen-bond donors (Lipinski definition) is 3. The number of carboxylic acids is 1. The van der Waals surface area contributed by atoms with Crippen LogP contribution in [0, 0.1) is 0 Å². The standard InChI is InChI=1S/C23H17N5O4/c29-19(15-9-3-1-4-10-15)24-22-26-23(28(27-22)16-11-5-2-6-12-16)25-20(30)17-13-7-8-14-18(17)21(31)32/h1-14H,(H,31,32)(H2,24,25,26,27,29,30). The molecule has 3 N–H and O–H groups in total. The van der Waals surface area contributed by atoms with Crippen LogP contribution in [0.1, 0.15) is 31.1 Å². The average molecular weight is 427 g/mol. The lowest BCUT2D eigenvalue weighted by Gasteiger charge is -2.08. The van der Waals surface area contributed by atoms with Gasteiger partial charge in [-0.3, -0.25) is 20.2 Å². The molecule has 0 aliphatic carbocycles. The fourth-order valence-corrected chi connectivity index (χ4v) is 2.99. The number of nitrogens with zero attached hydrogens (tertiary/aromatic N) is 3. The van der Waals surface area contributed by atoms with Gasteiger partial charge in [0.05, 0.1) is 16.8 Å². The minimum atomic E-state index is -1.23. The summed E-state index contributed by atoms with van der Waals surface area (Å²) in [6.07, 6.45) is 0. The number of aromatic nitrogens is 3. The largest absolute Gasteiger partial charge is 0.478 e. The van der Waals surface area contributed by atoms with Crippen LogP contribution in [0.5, 0.6) is 0 Å². The zero-order chi connectivity index (χ0) is 22.5. The van der Waals surface area contributed by atoms with E-state index < -0.39 is 17.8 Å². The minimum Gasteiger partial charge on any atom is -0.478 e. The molecule has 9 heteroatoms. The Bertz CT molecular complexity index is 1290. The zero-order valence-corrected chi connectivity index (χ0v) is 16.6. The fraction of sp³-hybridized carbons (Fsp3) is 0. The maximum Gasteiger partial charge on any atom is 0.336 e. The van der Waals surface area contributed by atoms with Gasteiger partial charge in [0, 0.05) is 5.56 Å². The van der Waals surface area contributed by atoms with E-state index in [9.17, 15) is 19.5 Å². The second-order valence-corrected chi connectivity index (χ2v) is 6.63. The number of nitrogens with one attached hydrogen (secondary N) is 2. The van der Waals surface area contributed by atoms with E-state index in [1.165, 1.54) is 22.9 Å². The second kappa shape index (κ2) is 8.92. The molecular weight excluding hydrogens is 410 g/mol. The van der Waals surface area contributed by atoms with Gasteiger partial charge in [-0.05, 0) is 36.4 Å². The molecule has 0 spiro atoms. The van der Waals surface area contributed by atoms with Gasteiger partial charge in [-0.2, -0.15) is 9.67 Å². The first kappa shape index (κ1) is 20.5. The summed E-state index contributed by atoms with van der Waals surface area (Å²) in [7, 11) is 0. The van der Waals surface area contributed by atoms with Crippen LogP contribution < -0.4 is 10.6 Å². The lowest BCUT2D eigenvalue weighted by Crippen LogP contribution is -2.19. The molecule has 9 nitrogen and oxygen atoms in total. The van der Waals surface area contributed by atoms with Crippen LogP contribution in [0.4, 0.5) is 11.9 Å². The summed E-state index contributed by atoms with van der Waals surface area (Å²) in [4.78, 5) is 41.0. The molecule has 4 rings (SSSR count). The predicted octanol–water partition coefficient (Wildman–Crippen LogP) is 3.47.